The molecule has 3 rings (SSSR count). The number of likely N-dealkylation sites (tertiary alicyclic amines) is 1. The Labute approximate surface area is 166 Å². The molecule has 1 amide bonds. The van der Waals surface area contributed by atoms with Crippen LogP contribution in [0.2, 0.25) is 0 Å². The molecule has 0 aromatic carbocycles. The highest BCUT2D eigenvalue weighted by atomic mass is 19.4. The van der Waals surface area contributed by atoms with Gasteiger partial charge in [0.1, 0.15) is 6.61 Å². The van der Waals surface area contributed by atoms with Crippen LogP contribution >= 0.6 is 0 Å². The molecule has 1 aromatic rings. The van der Waals surface area contributed by atoms with Gasteiger partial charge in [-0.3, -0.25) is 14.7 Å². The van der Waals surface area contributed by atoms with E-state index in [9.17, 15) is 18.0 Å². The van der Waals surface area contributed by atoms with E-state index in [1.807, 2.05) is 17.2 Å². The Kier molecular flexibility index (Phi) is 7.74. The number of ether oxygens (including phenoxy) is 1. The molecule has 1 N–H and O–H groups in total. The van der Waals surface area contributed by atoms with Crippen molar-refractivity contribution in [2.75, 3.05) is 32.8 Å². The lowest BCUT2D eigenvalue weighted by Gasteiger charge is -2.46. The Morgan fingerprint density at radius 2 is 2.03 bits per heavy atom. The normalized spacial score (nSPS) is 19.4. The molecule has 2 aliphatic rings. The van der Waals surface area contributed by atoms with Crippen molar-refractivity contribution in [3.63, 3.8) is 0 Å². The zero-order valence-corrected chi connectivity index (χ0v) is 15.9. The van der Waals surface area contributed by atoms with Crippen molar-refractivity contribution in [2.45, 2.75) is 31.2 Å². The fraction of sp³-hybridized carbons (Fsp3) is 0.526. The summed E-state index contributed by atoms with van der Waals surface area (Å²) in [6, 6.07) is 4.09. The van der Waals surface area contributed by atoms with Gasteiger partial charge in [0.15, 0.2) is 0 Å². The van der Waals surface area contributed by atoms with Crippen LogP contribution in [0.4, 0.5) is 13.2 Å². The minimum Gasteiger partial charge on any atom is -0.475 e. The number of hydrogen-bond donors (Lipinski definition) is 1. The number of aromatic nitrogens is 1. The molecule has 7 nitrogen and oxygen atoms in total. The van der Waals surface area contributed by atoms with Crippen LogP contribution in [-0.4, -0.2) is 76.3 Å². The summed E-state index contributed by atoms with van der Waals surface area (Å²) < 4.78 is 37.7. The molecular formula is C19H24F3N3O4. The van der Waals surface area contributed by atoms with Crippen molar-refractivity contribution < 1.29 is 32.6 Å². The van der Waals surface area contributed by atoms with Gasteiger partial charge in [-0.2, -0.15) is 13.2 Å². The number of carbonyl (C=O) groups is 2. The molecule has 10 heteroatoms. The molecule has 0 saturated carbocycles. The summed E-state index contributed by atoms with van der Waals surface area (Å²) in [5.41, 5.74) is 1.08. The van der Waals surface area contributed by atoms with Crippen molar-refractivity contribution in [3.8, 4) is 0 Å². The second-order valence-electron chi connectivity index (χ2n) is 6.97. The molecule has 0 bridgehead atoms. The van der Waals surface area contributed by atoms with E-state index >= 15 is 0 Å². The quantitative estimate of drug-likeness (QED) is 0.759. The van der Waals surface area contributed by atoms with Crippen LogP contribution in [0.15, 0.2) is 37.2 Å². The molecule has 2 aliphatic heterocycles. The van der Waals surface area contributed by atoms with Crippen LogP contribution in [0, 0.1) is 0 Å². The van der Waals surface area contributed by atoms with Gasteiger partial charge in [-0.25, -0.2) is 4.79 Å². The number of carboxylic acids is 1. The highest BCUT2D eigenvalue weighted by molar-refractivity contribution is 5.78. The molecule has 29 heavy (non-hydrogen) atoms. The van der Waals surface area contributed by atoms with Crippen LogP contribution in [0.25, 0.3) is 0 Å². The number of alkyl halides is 3. The van der Waals surface area contributed by atoms with Gasteiger partial charge in [-0.1, -0.05) is 12.1 Å². The molecule has 3 heterocycles. The Bertz CT molecular complexity index is 704. The molecule has 1 spiro atoms. The van der Waals surface area contributed by atoms with E-state index in [0.29, 0.717) is 13.1 Å². The Hall–Kier alpha value is -2.46. The number of hydrogen-bond acceptors (Lipinski definition) is 5. The largest absolute Gasteiger partial charge is 0.490 e. The molecule has 0 atom stereocenters. The predicted octanol–water partition coefficient (Wildman–Crippen LogP) is 2.09. The molecule has 2 fully saturated rings. The topological polar surface area (TPSA) is 83.0 Å². The van der Waals surface area contributed by atoms with E-state index < -0.39 is 12.1 Å². The maximum absolute atomic E-state index is 11.9. The van der Waals surface area contributed by atoms with Gasteiger partial charge in [0.2, 0.25) is 5.91 Å². The molecule has 0 radical (unpaired) electrons. The Morgan fingerprint density at radius 1 is 1.38 bits per heavy atom. The summed E-state index contributed by atoms with van der Waals surface area (Å²) in [7, 11) is 0. The maximum Gasteiger partial charge on any atom is 0.490 e. The van der Waals surface area contributed by atoms with Crippen molar-refractivity contribution in [2.24, 2.45) is 0 Å². The number of pyridine rings is 1. The smallest absolute Gasteiger partial charge is 0.475 e. The van der Waals surface area contributed by atoms with Gasteiger partial charge < -0.3 is 14.7 Å². The number of amides is 1. The van der Waals surface area contributed by atoms with Gasteiger partial charge in [0.25, 0.3) is 0 Å². The lowest BCUT2D eigenvalue weighted by Crippen LogP contribution is -2.58. The van der Waals surface area contributed by atoms with Crippen molar-refractivity contribution in [1.82, 2.24) is 14.8 Å². The monoisotopic (exact) mass is 415 g/mol. The third-order valence-electron chi connectivity index (χ3n) is 4.82. The third kappa shape index (κ3) is 6.82. The number of nitrogens with zero attached hydrogens (tertiary/aromatic N) is 3. The fourth-order valence-electron chi connectivity index (χ4n) is 3.28. The van der Waals surface area contributed by atoms with Gasteiger partial charge in [-0.05, 0) is 24.5 Å². The Morgan fingerprint density at radius 3 is 2.55 bits per heavy atom. The number of morpholine rings is 1. The molecule has 1 aromatic heterocycles. The summed E-state index contributed by atoms with van der Waals surface area (Å²) in [5.74, 6) is -2.68. The Balaban J connectivity index is 0.000000370. The molecule has 0 aliphatic carbocycles. The summed E-state index contributed by atoms with van der Waals surface area (Å²) in [6.45, 7) is 8.16. The third-order valence-corrected chi connectivity index (χ3v) is 4.82. The number of carboxylic acid groups (broad SMARTS) is 1. The summed E-state index contributed by atoms with van der Waals surface area (Å²) in [4.78, 5) is 29.2. The van der Waals surface area contributed by atoms with E-state index in [4.69, 9.17) is 14.6 Å². The lowest BCUT2D eigenvalue weighted by atomic mass is 9.89. The first-order valence-corrected chi connectivity index (χ1v) is 9.09. The van der Waals surface area contributed by atoms with Gasteiger partial charge in [0.05, 0.1) is 12.1 Å². The molecule has 0 unspecified atom stereocenters. The lowest BCUT2D eigenvalue weighted by molar-refractivity contribution is -0.192. The van der Waals surface area contributed by atoms with Crippen molar-refractivity contribution >= 4 is 11.9 Å². The first kappa shape index (κ1) is 22.8. The van der Waals surface area contributed by atoms with Crippen LogP contribution < -0.4 is 0 Å². The van der Waals surface area contributed by atoms with Crippen LogP contribution in [-0.2, 0) is 20.9 Å². The zero-order chi connectivity index (χ0) is 21.5. The van der Waals surface area contributed by atoms with Gasteiger partial charge >= 0.3 is 12.1 Å². The van der Waals surface area contributed by atoms with Crippen LogP contribution in [0.5, 0.6) is 0 Å². The highest BCUT2D eigenvalue weighted by Crippen LogP contribution is 2.31. The molecule has 2 saturated heterocycles. The van der Waals surface area contributed by atoms with Gasteiger partial charge in [0, 0.05) is 38.6 Å². The SMILES string of the molecule is C=CCN1CC2(CCN(Cc3cccnc3)CC2)OCC1=O.O=C(O)C(F)(F)F. The number of halogens is 3. The second-order valence-corrected chi connectivity index (χ2v) is 6.97. The standard InChI is InChI=1S/C17H23N3O2.C2HF3O2/c1-2-8-20-14-17(22-13-16(20)21)5-9-19(10-6-17)12-15-4-3-7-18-11-15;3-2(4,5)1(6)7/h2-4,7,11H,1,5-6,8-10,12-14H2;(H,6,7). The summed E-state index contributed by atoms with van der Waals surface area (Å²) in [5, 5.41) is 7.12. The van der Waals surface area contributed by atoms with Crippen LogP contribution in [0.1, 0.15) is 18.4 Å². The maximum atomic E-state index is 11.9. The minimum absolute atomic E-state index is 0.0725. The number of aliphatic carboxylic acids is 1. The number of piperidine rings is 1. The van der Waals surface area contributed by atoms with Gasteiger partial charge in [-0.15, -0.1) is 6.58 Å². The second kappa shape index (κ2) is 9.84. The van der Waals surface area contributed by atoms with Crippen LogP contribution in [0.3, 0.4) is 0 Å². The van der Waals surface area contributed by atoms with E-state index in [1.54, 1.807) is 12.3 Å². The first-order valence-electron chi connectivity index (χ1n) is 9.09. The van der Waals surface area contributed by atoms with E-state index in [1.165, 1.54) is 5.56 Å². The van der Waals surface area contributed by atoms with E-state index in [2.05, 4.69) is 22.5 Å². The van der Waals surface area contributed by atoms with Crippen molar-refractivity contribution in [3.05, 3.63) is 42.7 Å². The fourth-order valence-corrected chi connectivity index (χ4v) is 3.28. The van der Waals surface area contributed by atoms with E-state index in [-0.39, 0.29) is 18.1 Å². The summed E-state index contributed by atoms with van der Waals surface area (Å²) in [6.07, 6.45) is 2.36. The minimum atomic E-state index is -5.08. The van der Waals surface area contributed by atoms with E-state index in [0.717, 1.165) is 32.5 Å². The predicted molar refractivity (Wildman–Crippen MR) is 97.9 cm³/mol. The molecule has 160 valence electrons. The average Bonchev–Trinajstić information content (AvgIpc) is 2.68. The highest BCUT2D eigenvalue weighted by Gasteiger charge is 2.41. The van der Waals surface area contributed by atoms with Crippen molar-refractivity contribution in [1.29, 1.82) is 0 Å². The average molecular weight is 415 g/mol. The summed E-state index contributed by atoms with van der Waals surface area (Å²) >= 11 is 0. The number of rotatable bonds is 4. The molecular weight excluding hydrogens is 391 g/mol. The number of carbonyl (C=O) groups excluding carboxylic acids is 1. The first-order chi connectivity index (χ1) is 13.6. The zero-order valence-electron chi connectivity index (χ0n) is 15.9.